The van der Waals surface area contributed by atoms with Gasteiger partial charge in [0.2, 0.25) is 0 Å². The lowest BCUT2D eigenvalue weighted by Gasteiger charge is -2.18. The van der Waals surface area contributed by atoms with Gasteiger partial charge in [0.05, 0.1) is 5.02 Å². The van der Waals surface area contributed by atoms with E-state index in [4.69, 9.17) is 32.7 Å². The van der Waals surface area contributed by atoms with Crippen molar-refractivity contribution >= 4 is 35.0 Å². The van der Waals surface area contributed by atoms with E-state index in [1.54, 1.807) is 24.3 Å². The molecule has 2 amide bonds. The van der Waals surface area contributed by atoms with Crippen LogP contribution in [0.3, 0.4) is 0 Å². The van der Waals surface area contributed by atoms with Crippen molar-refractivity contribution in [2.24, 2.45) is 0 Å². The van der Waals surface area contributed by atoms with Crippen molar-refractivity contribution in [2.45, 2.75) is 19.4 Å². The summed E-state index contributed by atoms with van der Waals surface area (Å²) in [5, 5.41) is 0.742. The zero-order valence-corrected chi connectivity index (χ0v) is 18.8. The Morgan fingerprint density at radius 1 is 0.906 bits per heavy atom. The summed E-state index contributed by atoms with van der Waals surface area (Å²) >= 11 is 11.8. The van der Waals surface area contributed by atoms with Crippen molar-refractivity contribution in [1.82, 2.24) is 10.9 Å². The van der Waals surface area contributed by atoms with Crippen molar-refractivity contribution < 1.29 is 19.1 Å². The number of hydrazine groups is 1. The van der Waals surface area contributed by atoms with E-state index in [1.165, 1.54) is 6.07 Å². The fourth-order valence-electron chi connectivity index (χ4n) is 2.83. The average Bonchev–Trinajstić information content (AvgIpc) is 2.81. The number of benzene rings is 3. The van der Waals surface area contributed by atoms with Crippen LogP contribution in [0.4, 0.5) is 0 Å². The van der Waals surface area contributed by atoms with Crippen molar-refractivity contribution in [3.05, 3.63) is 82.8 Å². The molecule has 1 unspecified atom stereocenters. The SMILES string of the molecule is CCC(Oc1ccc(-c2ccccc2)cc1)C(=O)NNC(=O)COc1ccc(Cl)cc1Cl. The number of halogens is 2. The highest BCUT2D eigenvalue weighted by molar-refractivity contribution is 6.35. The van der Waals surface area contributed by atoms with Gasteiger partial charge in [-0.2, -0.15) is 0 Å². The summed E-state index contributed by atoms with van der Waals surface area (Å²) in [6.07, 6.45) is -0.358. The standard InChI is InChI=1S/C24H22Cl2N2O4/c1-2-21(32-19-11-8-17(9-12-19)16-6-4-3-5-7-16)24(30)28-27-23(29)15-31-22-13-10-18(25)14-20(22)26/h3-14,21H,2,15H2,1H3,(H,27,29)(H,28,30). The lowest BCUT2D eigenvalue weighted by Crippen LogP contribution is -2.49. The van der Waals surface area contributed by atoms with Gasteiger partial charge in [-0.3, -0.25) is 20.4 Å². The highest BCUT2D eigenvalue weighted by Gasteiger charge is 2.19. The lowest BCUT2D eigenvalue weighted by atomic mass is 10.1. The Hall–Kier alpha value is -3.22. The number of ether oxygens (including phenoxy) is 2. The summed E-state index contributed by atoms with van der Waals surface area (Å²) in [7, 11) is 0. The van der Waals surface area contributed by atoms with Crippen LogP contribution in [0.5, 0.6) is 11.5 Å². The summed E-state index contributed by atoms with van der Waals surface area (Å²) in [5.41, 5.74) is 6.79. The van der Waals surface area contributed by atoms with Gasteiger partial charge in [0.15, 0.2) is 12.7 Å². The van der Waals surface area contributed by atoms with Gasteiger partial charge in [0.25, 0.3) is 11.8 Å². The molecule has 0 saturated carbocycles. The number of nitrogens with one attached hydrogen (secondary N) is 2. The Morgan fingerprint density at radius 3 is 2.25 bits per heavy atom. The monoisotopic (exact) mass is 472 g/mol. The summed E-state index contributed by atoms with van der Waals surface area (Å²) in [6, 6.07) is 22.1. The van der Waals surface area contributed by atoms with Gasteiger partial charge in [-0.15, -0.1) is 0 Å². The molecule has 3 rings (SSSR count). The molecule has 0 saturated heterocycles. The smallest absolute Gasteiger partial charge is 0.279 e. The molecule has 0 aliphatic heterocycles. The predicted octanol–water partition coefficient (Wildman–Crippen LogP) is 5.04. The molecule has 0 radical (unpaired) electrons. The Bertz CT molecular complexity index is 1060. The molecule has 0 aromatic heterocycles. The normalized spacial score (nSPS) is 11.3. The molecule has 166 valence electrons. The third-order valence-corrected chi connectivity index (χ3v) is 5.01. The minimum Gasteiger partial charge on any atom is -0.482 e. The fourth-order valence-corrected chi connectivity index (χ4v) is 3.29. The zero-order valence-electron chi connectivity index (χ0n) is 17.3. The number of carbonyl (C=O) groups is 2. The van der Waals surface area contributed by atoms with E-state index in [0.717, 1.165) is 11.1 Å². The minimum atomic E-state index is -0.774. The van der Waals surface area contributed by atoms with E-state index in [1.807, 2.05) is 49.4 Å². The molecule has 3 aromatic carbocycles. The third kappa shape index (κ3) is 6.64. The molecule has 0 aliphatic carbocycles. The topological polar surface area (TPSA) is 76.7 Å². The zero-order chi connectivity index (χ0) is 22.9. The second-order valence-corrected chi connectivity index (χ2v) is 7.65. The predicted molar refractivity (Wildman–Crippen MR) is 125 cm³/mol. The van der Waals surface area contributed by atoms with Crippen molar-refractivity contribution in [1.29, 1.82) is 0 Å². The summed E-state index contributed by atoms with van der Waals surface area (Å²) in [6.45, 7) is 1.48. The van der Waals surface area contributed by atoms with Crippen LogP contribution in [-0.2, 0) is 9.59 Å². The summed E-state index contributed by atoms with van der Waals surface area (Å²) < 4.78 is 11.1. The second kappa shape index (κ2) is 11.4. The van der Waals surface area contributed by atoms with Gasteiger partial charge in [-0.1, -0.05) is 72.6 Å². The molecule has 3 aromatic rings. The number of hydrogen-bond donors (Lipinski definition) is 2. The van der Waals surface area contributed by atoms with Gasteiger partial charge in [0, 0.05) is 5.02 Å². The Balaban J connectivity index is 1.48. The molecule has 0 heterocycles. The van der Waals surface area contributed by atoms with E-state index in [2.05, 4.69) is 10.9 Å². The van der Waals surface area contributed by atoms with Gasteiger partial charge in [0.1, 0.15) is 11.5 Å². The maximum absolute atomic E-state index is 12.4. The Labute approximate surface area is 196 Å². The molecule has 6 nitrogen and oxygen atoms in total. The molecule has 0 spiro atoms. The van der Waals surface area contributed by atoms with Crippen LogP contribution in [0.1, 0.15) is 13.3 Å². The number of amides is 2. The van der Waals surface area contributed by atoms with Crippen LogP contribution in [0, 0.1) is 0 Å². The molecule has 2 N–H and O–H groups in total. The molecule has 0 aliphatic rings. The van der Waals surface area contributed by atoms with Gasteiger partial charge in [-0.25, -0.2) is 0 Å². The van der Waals surface area contributed by atoms with Crippen molar-refractivity contribution in [3.8, 4) is 22.6 Å². The van der Waals surface area contributed by atoms with E-state index < -0.39 is 17.9 Å². The third-order valence-electron chi connectivity index (χ3n) is 4.48. The number of rotatable bonds is 8. The molecule has 0 bridgehead atoms. The first kappa shape index (κ1) is 23.4. The first-order valence-electron chi connectivity index (χ1n) is 9.95. The van der Waals surface area contributed by atoms with Crippen molar-refractivity contribution in [2.75, 3.05) is 6.61 Å². The Kier molecular flexibility index (Phi) is 8.36. The van der Waals surface area contributed by atoms with E-state index >= 15 is 0 Å². The van der Waals surface area contributed by atoms with Crippen molar-refractivity contribution in [3.63, 3.8) is 0 Å². The molecular formula is C24H22Cl2N2O4. The molecule has 8 heteroatoms. The van der Waals surface area contributed by atoms with Gasteiger partial charge >= 0.3 is 0 Å². The van der Waals surface area contributed by atoms with E-state index in [-0.39, 0.29) is 11.6 Å². The maximum Gasteiger partial charge on any atom is 0.279 e. The van der Waals surface area contributed by atoms with Crippen LogP contribution in [0.25, 0.3) is 11.1 Å². The lowest BCUT2D eigenvalue weighted by molar-refractivity contribution is -0.134. The van der Waals surface area contributed by atoms with E-state index in [9.17, 15) is 9.59 Å². The quantitative estimate of drug-likeness (QED) is 0.450. The molecule has 0 fully saturated rings. The van der Waals surface area contributed by atoms with Crippen LogP contribution < -0.4 is 20.3 Å². The maximum atomic E-state index is 12.4. The Morgan fingerprint density at radius 2 is 1.59 bits per heavy atom. The number of hydrogen-bond acceptors (Lipinski definition) is 4. The largest absolute Gasteiger partial charge is 0.482 e. The minimum absolute atomic E-state index is 0.284. The highest BCUT2D eigenvalue weighted by atomic mass is 35.5. The van der Waals surface area contributed by atoms with Crippen LogP contribution >= 0.6 is 23.2 Å². The molecule has 1 atom stereocenters. The van der Waals surface area contributed by atoms with Crippen LogP contribution in [0.2, 0.25) is 10.0 Å². The summed E-state index contributed by atoms with van der Waals surface area (Å²) in [5.74, 6) is -0.158. The first-order valence-corrected chi connectivity index (χ1v) is 10.7. The molecular weight excluding hydrogens is 451 g/mol. The number of carbonyl (C=O) groups excluding carboxylic acids is 2. The average molecular weight is 473 g/mol. The van der Waals surface area contributed by atoms with Crippen LogP contribution in [0.15, 0.2) is 72.8 Å². The second-order valence-electron chi connectivity index (χ2n) is 6.81. The van der Waals surface area contributed by atoms with Crippen LogP contribution in [-0.4, -0.2) is 24.5 Å². The fraction of sp³-hybridized carbons (Fsp3) is 0.167. The molecule has 32 heavy (non-hydrogen) atoms. The summed E-state index contributed by atoms with van der Waals surface area (Å²) in [4.78, 5) is 24.4. The highest BCUT2D eigenvalue weighted by Crippen LogP contribution is 2.27. The van der Waals surface area contributed by atoms with E-state index in [0.29, 0.717) is 22.9 Å². The first-order chi connectivity index (χ1) is 15.5. The van der Waals surface area contributed by atoms with Gasteiger partial charge in [-0.05, 0) is 47.9 Å². The van der Waals surface area contributed by atoms with Gasteiger partial charge < -0.3 is 9.47 Å².